The second-order valence-electron chi connectivity index (χ2n) is 4.67. The van der Waals surface area contributed by atoms with E-state index in [4.69, 9.17) is 16.7 Å². The predicted octanol–water partition coefficient (Wildman–Crippen LogP) is 2.80. The van der Waals surface area contributed by atoms with E-state index in [1.807, 2.05) is 11.4 Å². The number of carboxylic acid groups (broad SMARTS) is 1. The lowest BCUT2D eigenvalue weighted by atomic mass is 10.0. The number of thiophene rings is 1. The summed E-state index contributed by atoms with van der Waals surface area (Å²) in [5.41, 5.74) is 0. The zero-order valence-corrected chi connectivity index (χ0v) is 12.0. The van der Waals surface area contributed by atoms with Crippen LogP contribution in [0.2, 0.25) is 5.02 Å². The molecule has 1 aliphatic heterocycles. The third-order valence-corrected chi connectivity index (χ3v) is 4.66. The highest BCUT2D eigenvalue weighted by Gasteiger charge is 2.31. The molecule has 0 bridgehead atoms. The zero-order chi connectivity index (χ0) is 13.8. The number of amides is 1. The molecule has 1 atom stereocenters. The second kappa shape index (κ2) is 6.39. The minimum atomic E-state index is -0.896. The third kappa shape index (κ3) is 3.70. The maximum absolute atomic E-state index is 12.1. The molecular formula is C13H16ClNO3S. The number of hydrogen-bond acceptors (Lipinski definition) is 3. The average Bonchev–Trinajstić information content (AvgIpc) is 2.81. The van der Waals surface area contributed by atoms with Crippen molar-refractivity contribution in [3.05, 3.63) is 21.3 Å². The molecular weight excluding hydrogens is 286 g/mol. The van der Waals surface area contributed by atoms with Gasteiger partial charge in [0.15, 0.2) is 0 Å². The first kappa shape index (κ1) is 14.3. The molecule has 0 unspecified atom stereocenters. The fourth-order valence-corrected chi connectivity index (χ4v) is 3.42. The van der Waals surface area contributed by atoms with Gasteiger partial charge in [-0.15, -0.1) is 11.3 Å². The van der Waals surface area contributed by atoms with E-state index < -0.39 is 12.0 Å². The quantitative estimate of drug-likeness (QED) is 0.930. The molecule has 104 valence electrons. The van der Waals surface area contributed by atoms with Crippen molar-refractivity contribution >= 4 is 34.8 Å². The maximum atomic E-state index is 12.1. The number of rotatable bonds is 4. The Hall–Kier alpha value is -1.07. The Morgan fingerprint density at radius 2 is 2.26 bits per heavy atom. The summed E-state index contributed by atoms with van der Waals surface area (Å²) >= 11 is 7.35. The first-order valence-electron chi connectivity index (χ1n) is 6.33. The number of aryl methyl sites for hydroxylation is 1. The Labute approximate surface area is 121 Å². The van der Waals surface area contributed by atoms with Crippen LogP contribution in [0.1, 0.15) is 30.6 Å². The molecule has 0 spiro atoms. The summed E-state index contributed by atoms with van der Waals surface area (Å²) in [6, 6.07) is 1.21. The van der Waals surface area contributed by atoms with Crippen molar-refractivity contribution < 1.29 is 14.7 Å². The van der Waals surface area contributed by atoms with Gasteiger partial charge in [0.05, 0.1) is 5.02 Å². The summed E-state index contributed by atoms with van der Waals surface area (Å²) in [4.78, 5) is 25.8. The third-order valence-electron chi connectivity index (χ3n) is 3.32. The van der Waals surface area contributed by atoms with Gasteiger partial charge in [0.1, 0.15) is 6.04 Å². The molecule has 0 aromatic carbocycles. The van der Waals surface area contributed by atoms with Crippen LogP contribution in [0.4, 0.5) is 0 Å². The van der Waals surface area contributed by atoms with Gasteiger partial charge in [-0.3, -0.25) is 4.79 Å². The van der Waals surface area contributed by atoms with E-state index >= 15 is 0 Å². The highest BCUT2D eigenvalue weighted by molar-refractivity contribution is 7.10. The van der Waals surface area contributed by atoms with Gasteiger partial charge in [0.2, 0.25) is 5.91 Å². The normalized spacial score (nSPS) is 19.4. The molecule has 6 heteroatoms. The van der Waals surface area contributed by atoms with Crippen molar-refractivity contribution in [2.75, 3.05) is 6.54 Å². The maximum Gasteiger partial charge on any atom is 0.326 e. The van der Waals surface area contributed by atoms with Crippen LogP contribution in [-0.4, -0.2) is 34.5 Å². The van der Waals surface area contributed by atoms with Gasteiger partial charge < -0.3 is 10.0 Å². The Bertz CT molecular complexity index is 474. The molecule has 1 amide bonds. The molecule has 0 aliphatic carbocycles. The van der Waals surface area contributed by atoms with E-state index in [1.165, 1.54) is 16.2 Å². The Morgan fingerprint density at radius 3 is 2.89 bits per heavy atom. The lowest BCUT2D eigenvalue weighted by Crippen LogP contribution is -2.48. The lowest BCUT2D eigenvalue weighted by Gasteiger charge is -2.33. The number of hydrogen-bond donors (Lipinski definition) is 1. The summed E-state index contributed by atoms with van der Waals surface area (Å²) in [5.74, 6) is -0.969. The van der Waals surface area contributed by atoms with Crippen molar-refractivity contribution in [2.45, 2.75) is 38.1 Å². The monoisotopic (exact) mass is 301 g/mol. The highest BCUT2D eigenvalue weighted by atomic mass is 35.5. The average molecular weight is 302 g/mol. The van der Waals surface area contributed by atoms with E-state index in [0.717, 1.165) is 17.7 Å². The number of likely N-dealkylation sites (tertiary alicyclic amines) is 1. The molecule has 1 N–H and O–H groups in total. The van der Waals surface area contributed by atoms with Crippen molar-refractivity contribution in [2.24, 2.45) is 0 Å². The van der Waals surface area contributed by atoms with Crippen LogP contribution in [0.5, 0.6) is 0 Å². The van der Waals surface area contributed by atoms with E-state index in [1.54, 1.807) is 0 Å². The van der Waals surface area contributed by atoms with Crippen LogP contribution in [0, 0.1) is 0 Å². The second-order valence-corrected chi connectivity index (χ2v) is 6.10. The fraction of sp³-hybridized carbons (Fsp3) is 0.538. The van der Waals surface area contributed by atoms with Crippen LogP contribution >= 0.6 is 22.9 Å². The van der Waals surface area contributed by atoms with Gasteiger partial charge in [-0.05, 0) is 31.7 Å². The van der Waals surface area contributed by atoms with Crippen molar-refractivity contribution in [1.29, 1.82) is 0 Å². The van der Waals surface area contributed by atoms with Gasteiger partial charge in [0, 0.05) is 23.2 Å². The van der Waals surface area contributed by atoms with Crippen LogP contribution in [-0.2, 0) is 16.0 Å². The number of carbonyl (C=O) groups is 2. The van der Waals surface area contributed by atoms with Crippen molar-refractivity contribution in [1.82, 2.24) is 4.90 Å². The topological polar surface area (TPSA) is 57.6 Å². The van der Waals surface area contributed by atoms with E-state index in [2.05, 4.69) is 0 Å². The Balaban J connectivity index is 1.92. The Morgan fingerprint density at radius 1 is 1.47 bits per heavy atom. The molecule has 2 rings (SSSR count). The molecule has 0 radical (unpaired) electrons. The number of halogens is 1. The Kier molecular flexibility index (Phi) is 4.82. The molecule has 4 nitrogen and oxygen atoms in total. The molecule has 1 aromatic rings. The molecule has 1 fully saturated rings. The number of carboxylic acids is 1. The summed E-state index contributed by atoms with van der Waals surface area (Å²) in [7, 11) is 0. The summed E-state index contributed by atoms with van der Waals surface area (Å²) in [6.07, 6.45) is 3.30. The van der Waals surface area contributed by atoms with Gasteiger partial charge in [-0.25, -0.2) is 4.79 Å². The van der Waals surface area contributed by atoms with E-state index in [-0.39, 0.29) is 5.91 Å². The predicted molar refractivity (Wildman–Crippen MR) is 74.6 cm³/mol. The van der Waals surface area contributed by atoms with Gasteiger partial charge in [-0.1, -0.05) is 11.6 Å². The minimum Gasteiger partial charge on any atom is -0.480 e. The van der Waals surface area contributed by atoms with E-state index in [0.29, 0.717) is 30.8 Å². The molecule has 1 aromatic heterocycles. The number of piperidine rings is 1. The van der Waals surface area contributed by atoms with Crippen LogP contribution < -0.4 is 0 Å². The van der Waals surface area contributed by atoms with Crippen LogP contribution in [0.25, 0.3) is 0 Å². The summed E-state index contributed by atoms with van der Waals surface area (Å²) < 4.78 is 0. The number of carbonyl (C=O) groups excluding carboxylic acids is 1. The standard InChI is InChI=1S/C13H16ClNO3S/c14-9-7-10(19-8-9)4-5-12(16)15-6-2-1-3-11(15)13(17)18/h7-8,11H,1-6H2,(H,17,18)/t11-/m0/s1. The molecule has 19 heavy (non-hydrogen) atoms. The van der Waals surface area contributed by atoms with Gasteiger partial charge >= 0.3 is 5.97 Å². The number of nitrogens with zero attached hydrogens (tertiary/aromatic N) is 1. The van der Waals surface area contributed by atoms with Crippen molar-refractivity contribution in [3.8, 4) is 0 Å². The fourth-order valence-electron chi connectivity index (χ4n) is 2.35. The molecule has 0 saturated carbocycles. The van der Waals surface area contributed by atoms with Crippen LogP contribution in [0.3, 0.4) is 0 Å². The summed E-state index contributed by atoms with van der Waals surface area (Å²) in [6.45, 7) is 0.557. The zero-order valence-electron chi connectivity index (χ0n) is 10.5. The largest absolute Gasteiger partial charge is 0.480 e. The minimum absolute atomic E-state index is 0.0726. The first-order chi connectivity index (χ1) is 9.08. The first-order valence-corrected chi connectivity index (χ1v) is 7.59. The molecule has 1 aliphatic rings. The van der Waals surface area contributed by atoms with Gasteiger partial charge in [0.25, 0.3) is 0 Å². The molecule has 2 heterocycles. The summed E-state index contributed by atoms with van der Waals surface area (Å²) in [5, 5.41) is 11.7. The number of aliphatic carboxylic acids is 1. The van der Waals surface area contributed by atoms with Gasteiger partial charge in [-0.2, -0.15) is 0 Å². The van der Waals surface area contributed by atoms with E-state index in [9.17, 15) is 9.59 Å². The van der Waals surface area contributed by atoms with Crippen LogP contribution in [0.15, 0.2) is 11.4 Å². The van der Waals surface area contributed by atoms with Crippen molar-refractivity contribution in [3.63, 3.8) is 0 Å². The SMILES string of the molecule is O=C(O)[C@@H]1CCCCN1C(=O)CCc1cc(Cl)cs1. The lowest BCUT2D eigenvalue weighted by molar-refractivity contribution is -0.152. The smallest absolute Gasteiger partial charge is 0.326 e. The highest BCUT2D eigenvalue weighted by Crippen LogP contribution is 2.22. The molecule has 1 saturated heterocycles.